The summed E-state index contributed by atoms with van der Waals surface area (Å²) < 4.78 is 38.5. The predicted molar refractivity (Wildman–Crippen MR) is 76.3 cm³/mol. The molecule has 0 radical (unpaired) electrons. The summed E-state index contributed by atoms with van der Waals surface area (Å²) in [6, 6.07) is 11.7. The zero-order valence-corrected chi connectivity index (χ0v) is 12.0. The van der Waals surface area contributed by atoms with Gasteiger partial charge in [0.15, 0.2) is 9.84 Å². The van der Waals surface area contributed by atoms with Crippen LogP contribution in [0.5, 0.6) is 0 Å². The Hall–Kier alpha value is -1.75. The Morgan fingerprint density at radius 3 is 2.45 bits per heavy atom. The fourth-order valence-corrected chi connectivity index (χ4v) is 4.05. The monoisotopic (exact) mass is 293 g/mol. The van der Waals surface area contributed by atoms with Gasteiger partial charge in [-0.15, -0.1) is 0 Å². The van der Waals surface area contributed by atoms with Crippen molar-refractivity contribution in [2.75, 3.05) is 0 Å². The first kappa shape index (κ1) is 14.7. The summed E-state index contributed by atoms with van der Waals surface area (Å²) in [5.41, 5.74) is 0.702. The molecule has 0 bridgehead atoms. The van der Waals surface area contributed by atoms with E-state index in [-0.39, 0.29) is 11.4 Å². The lowest BCUT2D eigenvalue weighted by molar-refractivity contribution is 0.569. The van der Waals surface area contributed by atoms with E-state index in [0.29, 0.717) is 6.42 Å². The topological polar surface area (TPSA) is 47.0 Å². The van der Waals surface area contributed by atoms with Crippen molar-refractivity contribution < 1.29 is 12.8 Å². The maximum atomic E-state index is 13.6. The average molecular weight is 293 g/mol. The van der Waals surface area contributed by atoms with E-state index in [1.54, 1.807) is 24.3 Å². The second-order valence-electron chi connectivity index (χ2n) is 4.55. The van der Waals surface area contributed by atoms with Crippen LogP contribution in [0.2, 0.25) is 0 Å². The van der Waals surface area contributed by atoms with Gasteiger partial charge in [-0.2, -0.15) is 0 Å². The Kier molecular flexibility index (Phi) is 4.49. The molecule has 0 N–H and O–H groups in total. The molecule has 1 heterocycles. The molecule has 1 aromatic carbocycles. The van der Waals surface area contributed by atoms with E-state index < -0.39 is 20.9 Å². The van der Waals surface area contributed by atoms with Crippen LogP contribution in [0.1, 0.15) is 29.9 Å². The number of hydrogen-bond donors (Lipinski definition) is 0. The van der Waals surface area contributed by atoms with Gasteiger partial charge in [0.2, 0.25) is 0 Å². The van der Waals surface area contributed by atoms with E-state index in [4.69, 9.17) is 0 Å². The molecule has 0 spiro atoms. The highest BCUT2D eigenvalue weighted by atomic mass is 32.2. The first-order valence-corrected chi connectivity index (χ1v) is 8.12. The summed E-state index contributed by atoms with van der Waals surface area (Å²) in [7, 11) is -3.50. The molecule has 2 aromatic rings. The molecule has 0 fully saturated rings. The molecule has 0 saturated carbocycles. The molecule has 3 nitrogen and oxygen atoms in total. The molecule has 1 atom stereocenters. The van der Waals surface area contributed by atoms with Crippen molar-refractivity contribution in [3.05, 3.63) is 65.7 Å². The molecule has 2 rings (SSSR count). The van der Waals surface area contributed by atoms with Crippen LogP contribution in [-0.4, -0.2) is 13.4 Å². The number of halogens is 1. The van der Waals surface area contributed by atoms with Gasteiger partial charge < -0.3 is 0 Å². The van der Waals surface area contributed by atoms with E-state index in [2.05, 4.69) is 4.98 Å². The predicted octanol–water partition coefficient (Wildman–Crippen LogP) is 3.29. The molecule has 1 aromatic heterocycles. The third-order valence-electron chi connectivity index (χ3n) is 3.15. The van der Waals surface area contributed by atoms with Gasteiger partial charge in [0.05, 0.1) is 16.7 Å². The Labute approximate surface area is 118 Å². The van der Waals surface area contributed by atoms with Gasteiger partial charge in [0.25, 0.3) is 0 Å². The van der Waals surface area contributed by atoms with Crippen LogP contribution in [-0.2, 0) is 15.6 Å². The molecule has 20 heavy (non-hydrogen) atoms. The summed E-state index contributed by atoms with van der Waals surface area (Å²) in [5, 5.41) is -0.634. The van der Waals surface area contributed by atoms with Crippen molar-refractivity contribution >= 4 is 9.84 Å². The van der Waals surface area contributed by atoms with Crippen molar-refractivity contribution in [1.29, 1.82) is 0 Å². The zero-order valence-electron chi connectivity index (χ0n) is 11.2. The van der Waals surface area contributed by atoms with Crippen LogP contribution < -0.4 is 0 Å². The molecule has 0 aliphatic heterocycles. The second-order valence-corrected chi connectivity index (χ2v) is 6.73. The van der Waals surface area contributed by atoms with E-state index in [1.807, 2.05) is 13.0 Å². The third-order valence-corrected chi connectivity index (χ3v) is 5.30. The zero-order chi connectivity index (χ0) is 14.6. The smallest absolute Gasteiger partial charge is 0.163 e. The van der Waals surface area contributed by atoms with Crippen LogP contribution in [0.4, 0.5) is 4.39 Å². The summed E-state index contributed by atoms with van der Waals surface area (Å²) in [5.74, 6) is -0.966. The highest BCUT2D eigenvalue weighted by Crippen LogP contribution is 2.28. The summed E-state index contributed by atoms with van der Waals surface area (Å²) in [4.78, 5) is 3.82. The maximum Gasteiger partial charge on any atom is 0.163 e. The number of rotatable bonds is 5. The quantitative estimate of drug-likeness (QED) is 0.850. The van der Waals surface area contributed by atoms with Gasteiger partial charge in [-0.25, -0.2) is 12.8 Å². The first-order chi connectivity index (χ1) is 9.54. The number of pyridine rings is 1. The minimum Gasteiger partial charge on any atom is -0.257 e. The minimum atomic E-state index is -3.50. The Morgan fingerprint density at radius 1 is 1.15 bits per heavy atom. The number of aromatic nitrogens is 1. The van der Waals surface area contributed by atoms with Gasteiger partial charge in [0.1, 0.15) is 5.82 Å². The first-order valence-electron chi connectivity index (χ1n) is 6.40. The molecule has 0 amide bonds. The van der Waals surface area contributed by atoms with Crippen LogP contribution in [0, 0.1) is 5.82 Å². The van der Waals surface area contributed by atoms with E-state index >= 15 is 0 Å². The van der Waals surface area contributed by atoms with Crippen molar-refractivity contribution in [2.45, 2.75) is 24.3 Å². The lowest BCUT2D eigenvalue weighted by Gasteiger charge is -2.16. The summed E-state index contributed by atoms with van der Waals surface area (Å²) >= 11 is 0. The lowest BCUT2D eigenvalue weighted by Crippen LogP contribution is -2.16. The molecule has 0 aliphatic rings. The largest absolute Gasteiger partial charge is 0.257 e. The fourth-order valence-electron chi connectivity index (χ4n) is 2.18. The molecule has 106 valence electrons. The standard InChI is InChI=1S/C15H16FNO2S/c1-2-15(12-7-4-3-5-8-12)20(18,19)11-14-13(16)9-6-10-17-14/h3-10,15H,2,11H2,1H3. The second kappa shape index (κ2) is 6.13. The number of hydrogen-bond acceptors (Lipinski definition) is 3. The molecular formula is C15H16FNO2S. The van der Waals surface area contributed by atoms with Gasteiger partial charge >= 0.3 is 0 Å². The average Bonchev–Trinajstić information content (AvgIpc) is 2.43. The molecular weight excluding hydrogens is 277 g/mol. The number of sulfone groups is 1. The van der Waals surface area contributed by atoms with Crippen molar-refractivity contribution in [3.63, 3.8) is 0 Å². The third kappa shape index (κ3) is 3.22. The summed E-state index contributed by atoms with van der Waals surface area (Å²) in [6.07, 6.45) is 1.85. The minimum absolute atomic E-state index is 0.0260. The highest BCUT2D eigenvalue weighted by molar-refractivity contribution is 7.90. The number of benzene rings is 1. The van der Waals surface area contributed by atoms with Gasteiger partial charge in [-0.05, 0) is 24.1 Å². The molecule has 5 heteroatoms. The molecule has 0 saturated heterocycles. The van der Waals surface area contributed by atoms with Gasteiger partial charge in [-0.1, -0.05) is 37.3 Å². The van der Waals surface area contributed by atoms with E-state index in [9.17, 15) is 12.8 Å². The fraction of sp³-hybridized carbons (Fsp3) is 0.267. The van der Waals surface area contributed by atoms with E-state index in [0.717, 1.165) is 5.56 Å². The van der Waals surface area contributed by atoms with Crippen molar-refractivity contribution in [3.8, 4) is 0 Å². The Bertz CT molecular complexity index is 671. The van der Waals surface area contributed by atoms with Crippen molar-refractivity contribution in [2.24, 2.45) is 0 Å². The SMILES string of the molecule is CCC(c1ccccc1)S(=O)(=O)Cc1ncccc1F. The molecule has 1 unspecified atom stereocenters. The summed E-state index contributed by atoms with van der Waals surface area (Å²) in [6.45, 7) is 1.81. The Balaban J connectivity index is 2.32. The van der Waals surface area contributed by atoms with Crippen LogP contribution in [0.3, 0.4) is 0 Å². The van der Waals surface area contributed by atoms with Crippen LogP contribution in [0.25, 0.3) is 0 Å². The highest BCUT2D eigenvalue weighted by Gasteiger charge is 2.27. The number of nitrogens with zero attached hydrogens (tertiary/aromatic N) is 1. The van der Waals surface area contributed by atoms with Crippen LogP contribution >= 0.6 is 0 Å². The lowest BCUT2D eigenvalue weighted by atomic mass is 10.1. The van der Waals surface area contributed by atoms with Crippen molar-refractivity contribution in [1.82, 2.24) is 4.98 Å². The van der Waals surface area contributed by atoms with E-state index in [1.165, 1.54) is 18.3 Å². The van der Waals surface area contributed by atoms with Gasteiger partial charge in [-0.3, -0.25) is 4.98 Å². The van der Waals surface area contributed by atoms with Crippen LogP contribution in [0.15, 0.2) is 48.7 Å². The Morgan fingerprint density at radius 2 is 1.85 bits per heavy atom. The molecule has 0 aliphatic carbocycles. The van der Waals surface area contributed by atoms with Gasteiger partial charge in [0, 0.05) is 6.20 Å². The maximum absolute atomic E-state index is 13.6. The normalized spacial score (nSPS) is 13.1.